The molecule has 0 saturated heterocycles. The van der Waals surface area contributed by atoms with E-state index >= 15 is 0 Å². The fourth-order valence-electron chi connectivity index (χ4n) is 1.93. The first-order chi connectivity index (χ1) is 7.52. The number of rotatable bonds is 5. The molecule has 0 aliphatic rings. The topological polar surface area (TPSA) is 57.8 Å². The summed E-state index contributed by atoms with van der Waals surface area (Å²) >= 11 is 0. The smallest absolute Gasteiger partial charge is 0.269 e. The molecule has 1 amide bonds. The van der Waals surface area contributed by atoms with Crippen molar-refractivity contribution in [1.29, 1.82) is 0 Å². The van der Waals surface area contributed by atoms with Gasteiger partial charge in [-0.15, -0.1) is 0 Å². The van der Waals surface area contributed by atoms with E-state index in [0.717, 1.165) is 0 Å². The fourth-order valence-corrected chi connectivity index (χ4v) is 1.93. The van der Waals surface area contributed by atoms with E-state index in [1.807, 2.05) is 0 Å². The van der Waals surface area contributed by atoms with Crippen LogP contribution in [0.5, 0.6) is 0 Å². The molecule has 0 unspecified atom stereocenters. The molecule has 0 aromatic carbocycles. The number of aromatic nitrogens is 2. The Morgan fingerprint density at radius 3 is 2.44 bits per heavy atom. The van der Waals surface area contributed by atoms with Crippen molar-refractivity contribution in [2.75, 3.05) is 6.54 Å². The molecule has 0 radical (unpaired) electrons. The minimum absolute atomic E-state index is 0.0798. The minimum Gasteiger partial charge on any atom is -0.350 e. The third-order valence-electron chi connectivity index (χ3n) is 2.95. The summed E-state index contributed by atoms with van der Waals surface area (Å²) in [6.45, 7) is 9.47. The molecular weight excluding hydrogens is 202 g/mol. The van der Waals surface area contributed by atoms with Crippen LogP contribution in [0.4, 0.5) is 0 Å². The molecule has 0 spiro atoms. The molecule has 16 heavy (non-hydrogen) atoms. The standard InChI is InChI=1S/C12H21N3O/c1-8(2)10(9(3)4)5-14-12(16)11-6-13-7-15-11/h6-10H,5H2,1-4H3,(H,13,15)(H,14,16). The molecule has 1 aromatic heterocycles. The summed E-state index contributed by atoms with van der Waals surface area (Å²) in [6.07, 6.45) is 3.05. The molecule has 4 heteroatoms. The lowest BCUT2D eigenvalue weighted by atomic mass is 9.85. The van der Waals surface area contributed by atoms with Crippen molar-refractivity contribution in [3.8, 4) is 0 Å². The number of imidazole rings is 1. The molecule has 0 fully saturated rings. The van der Waals surface area contributed by atoms with Gasteiger partial charge in [-0.05, 0) is 17.8 Å². The van der Waals surface area contributed by atoms with Gasteiger partial charge in [0.25, 0.3) is 5.91 Å². The molecular formula is C12H21N3O. The monoisotopic (exact) mass is 223 g/mol. The molecule has 2 N–H and O–H groups in total. The zero-order chi connectivity index (χ0) is 12.1. The van der Waals surface area contributed by atoms with Gasteiger partial charge in [0.15, 0.2) is 0 Å². The van der Waals surface area contributed by atoms with Crippen LogP contribution in [0.2, 0.25) is 0 Å². The Bertz CT molecular complexity index is 309. The summed E-state index contributed by atoms with van der Waals surface area (Å²) in [7, 11) is 0. The number of nitrogens with zero attached hydrogens (tertiary/aromatic N) is 1. The van der Waals surface area contributed by atoms with E-state index in [-0.39, 0.29) is 5.91 Å². The van der Waals surface area contributed by atoms with Crippen molar-refractivity contribution in [3.63, 3.8) is 0 Å². The molecule has 1 aromatic rings. The largest absolute Gasteiger partial charge is 0.350 e. The van der Waals surface area contributed by atoms with Crippen LogP contribution < -0.4 is 5.32 Å². The van der Waals surface area contributed by atoms with Gasteiger partial charge in [0.05, 0.1) is 12.5 Å². The number of nitrogens with one attached hydrogen (secondary N) is 2. The Labute approximate surface area is 96.9 Å². The second kappa shape index (κ2) is 5.68. The van der Waals surface area contributed by atoms with Crippen LogP contribution in [0.25, 0.3) is 0 Å². The molecule has 90 valence electrons. The summed E-state index contributed by atoms with van der Waals surface area (Å²) in [4.78, 5) is 18.3. The van der Waals surface area contributed by atoms with Crippen LogP contribution in [0.3, 0.4) is 0 Å². The first-order valence-corrected chi connectivity index (χ1v) is 5.79. The highest BCUT2D eigenvalue weighted by Gasteiger charge is 2.18. The average molecular weight is 223 g/mol. The number of H-pyrrole nitrogens is 1. The molecule has 0 bridgehead atoms. The first kappa shape index (κ1) is 12.7. The van der Waals surface area contributed by atoms with Gasteiger partial charge in [0, 0.05) is 6.54 Å². The van der Waals surface area contributed by atoms with Gasteiger partial charge in [-0.1, -0.05) is 27.7 Å². The maximum absolute atomic E-state index is 11.7. The van der Waals surface area contributed by atoms with Gasteiger partial charge in [-0.3, -0.25) is 4.79 Å². The fraction of sp³-hybridized carbons (Fsp3) is 0.667. The molecule has 0 atom stereocenters. The van der Waals surface area contributed by atoms with E-state index in [9.17, 15) is 4.79 Å². The van der Waals surface area contributed by atoms with Gasteiger partial charge < -0.3 is 10.3 Å². The van der Waals surface area contributed by atoms with E-state index in [2.05, 4.69) is 43.0 Å². The Morgan fingerprint density at radius 2 is 2.00 bits per heavy atom. The van der Waals surface area contributed by atoms with E-state index in [4.69, 9.17) is 0 Å². The molecule has 0 saturated carbocycles. The predicted molar refractivity (Wildman–Crippen MR) is 64.1 cm³/mol. The Morgan fingerprint density at radius 1 is 1.38 bits per heavy atom. The Balaban J connectivity index is 2.47. The molecule has 1 heterocycles. The van der Waals surface area contributed by atoms with Crippen LogP contribution in [-0.2, 0) is 0 Å². The Hall–Kier alpha value is -1.32. The van der Waals surface area contributed by atoms with Crippen LogP contribution in [-0.4, -0.2) is 22.4 Å². The van der Waals surface area contributed by atoms with Gasteiger partial charge in [-0.2, -0.15) is 0 Å². The average Bonchev–Trinajstić information content (AvgIpc) is 2.69. The maximum Gasteiger partial charge on any atom is 0.269 e. The lowest BCUT2D eigenvalue weighted by Gasteiger charge is -2.24. The van der Waals surface area contributed by atoms with Crippen molar-refractivity contribution in [1.82, 2.24) is 15.3 Å². The molecule has 0 aliphatic carbocycles. The van der Waals surface area contributed by atoms with E-state index in [1.165, 1.54) is 12.5 Å². The van der Waals surface area contributed by atoms with Gasteiger partial charge in [-0.25, -0.2) is 4.98 Å². The quantitative estimate of drug-likeness (QED) is 0.802. The van der Waals surface area contributed by atoms with Crippen molar-refractivity contribution < 1.29 is 4.79 Å². The summed E-state index contributed by atoms with van der Waals surface area (Å²) in [6, 6.07) is 0. The van der Waals surface area contributed by atoms with Crippen molar-refractivity contribution in [2.24, 2.45) is 17.8 Å². The summed E-state index contributed by atoms with van der Waals surface area (Å²) in [5.74, 6) is 1.57. The molecule has 4 nitrogen and oxygen atoms in total. The maximum atomic E-state index is 11.7. The van der Waals surface area contributed by atoms with Crippen LogP contribution in [0, 0.1) is 17.8 Å². The Kier molecular flexibility index (Phi) is 4.52. The highest BCUT2D eigenvalue weighted by Crippen LogP contribution is 2.19. The predicted octanol–water partition coefficient (Wildman–Crippen LogP) is 2.07. The number of aromatic amines is 1. The van der Waals surface area contributed by atoms with Crippen LogP contribution >= 0.6 is 0 Å². The first-order valence-electron chi connectivity index (χ1n) is 5.79. The van der Waals surface area contributed by atoms with Crippen molar-refractivity contribution in [2.45, 2.75) is 27.7 Å². The van der Waals surface area contributed by atoms with Gasteiger partial charge in [0.2, 0.25) is 0 Å². The van der Waals surface area contributed by atoms with Crippen LogP contribution in [0.15, 0.2) is 12.5 Å². The van der Waals surface area contributed by atoms with E-state index in [0.29, 0.717) is 30.0 Å². The molecule has 1 rings (SSSR count). The van der Waals surface area contributed by atoms with Crippen molar-refractivity contribution >= 4 is 5.91 Å². The molecule has 0 aliphatic heterocycles. The normalized spacial score (nSPS) is 11.4. The lowest BCUT2D eigenvalue weighted by Crippen LogP contribution is -2.34. The summed E-state index contributed by atoms with van der Waals surface area (Å²) in [5.41, 5.74) is 0.520. The van der Waals surface area contributed by atoms with Crippen LogP contribution in [0.1, 0.15) is 38.2 Å². The van der Waals surface area contributed by atoms with Crippen molar-refractivity contribution in [3.05, 3.63) is 18.2 Å². The second-order valence-corrected chi connectivity index (χ2v) is 4.83. The highest BCUT2D eigenvalue weighted by atomic mass is 16.1. The third kappa shape index (κ3) is 3.36. The summed E-state index contributed by atoms with van der Waals surface area (Å²) < 4.78 is 0. The zero-order valence-corrected chi connectivity index (χ0v) is 10.4. The third-order valence-corrected chi connectivity index (χ3v) is 2.95. The summed E-state index contributed by atoms with van der Waals surface area (Å²) in [5, 5.41) is 2.94. The number of hydrogen-bond donors (Lipinski definition) is 2. The highest BCUT2D eigenvalue weighted by molar-refractivity contribution is 5.91. The number of hydrogen-bond acceptors (Lipinski definition) is 2. The number of amides is 1. The SMILES string of the molecule is CC(C)C(CNC(=O)c1cnc[nH]1)C(C)C. The van der Waals surface area contributed by atoms with E-state index < -0.39 is 0 Å². The zero-order valence-electron chi connectivity index (χ0n) is 10.4. The number of carbonyl (C=O) groups excluding carboxylic acids is 1. The lowest BCUT2D eigenvalue weighted by molar-refractivity contribution is 0.0932. The van der Waals surface area contributed by atoms with Gasteiger partial charge in [0.1, 0.15) is 5.69 Å². The number of carbonyl (C=O) groups is 1. The van der Waals surface area contributed by atoms with Gasteiger partial charge >= 0.3 is 0 Å². The minimum atomic E-state index is -0.0798. The second-order valence-electron chi connectivity index (χ2n) is 4.83. The van der Waals surface area contributed by atoms with E-state index in [1.54, 1.807) is 0 Å².